The van der Waals surface area contributed by atoms with Gasteiger partial charge in [0.05, 0.1) is 18.2 Å². The van der Waals surface area contributed by atoms with Gasteiger partial charge in [0.2, 0.25) is 0 Å². The molecule has 136 valence electrons. The van der Waals surface area contributed by atoms with E-state index in [0.717, 1.165) is 23.3 Å². The highest BCUT2D eigenvalue weighted by atomic mass is 16.5. The van der Waals surface area contributed by atoms with E-state index in [4.69, 9.17) is 9.47 Å². The highest BCUT2D eigenvalue weighted by Crippen LogP contribution is 2.32. The van der Waals surface area contributed by atoms with Gasteiger partial charge in [-0.05, 0) is 23.8 Å². The molecular formula is C23H21NO3. The molecule has 4 rings (SSSR count). The molecule has 4 heteroatoms. The standard InChI is InChI=1S/C23H21NO3/c25-23(24-20-14-15-26-21-12-6-4-10-18(20)21)19-11-5-7-13-22(19)27-16-17-8-2-1-3-9-17/h1-13,20H,14-16H2,(H,24,25)/t20-/m0/s1. The number of carbonyl (C=O) groups excluding carboxylic acids is 1. The molecule has 0 radical (unpaired) electrons. The molecule has 4 nitrogen and oxygen atoms in total. The van der Waals surface area contributed by atoms with Crippen molar-refractivity contribution in [3.05, 3.63) is 95.6 Å². The average Bonchev–Trinajstić information content (AvgIpc) is 2.73. The van der Waals surface area contributed by atoms with Crippen LogP contribution in [0.3, 0.4) is 0 Å². The fourth-order valence-electron chi connectivity index (χ4n) is 3.24. The summed E-state index contributed by atoms with van der Waals surface area (Å²) in [6.45, 7) is 1.01. The Hall–Kier alpha value is -3.27. The van der Waals surface area contributed by atoms with Crippen molar-refractivity contribution in [1.82, 2.24) is 5.32 Å². The lowest BCUT2D eigenvalue weighted by atomic mass is 10.00. The van der Waals surface area contributed by atoms with Gasteiger partial charge in [0.1, 0.15) is 18.1 Å². The monoisotopic (exact) mass is 359 g/mol. The Morgan fingerprint density at radius 2 is 1.70 bits per heavy atom. The molecule has 0 spiro atoms. The van der Waals surface area contributed by atoms with Crippen LogP contribution in [-0.4, -0.2) is 12.5 Å². The number of carbonyl (C=O) groups is 1. The van der Waals surface area contributed by atoms with Crippen LogP contribution in [0.5, 0.6) is 11.5 Å². The van der Waals surface area contributed by atoms with E-state index in [0.29, 0.717) is 24.5 Å². The highest BCUT2D eigenvalue weighted by molar-refractivity contribution is 5.97. The highest BCUT2D eigenvalue weighted by Gasteiger charge is 2.24. The first-order valence-electron chi connectivity index (χ1n) is 9.09. The van der Waals surface area contributed by atoms with E-state index in [9.17, 15) is 4.79 Å². The molecular weight excluding hydrogens is 338 g/mol. The van der Waals surface area contributed by atoms with Crippen LogP contribution in [0.1, 0.15) is 33.9 Å². The number of hydrogen-bond donors (Lipinski definition) is 1. The third kappa shape index (κ3) is 3.95. The first kappa shape index (κ1) is 17.2. The summed E-state index contributed by atoms with van der Waals surface area (Å²) in [6.07, 6.45) is 0.746. The van der Waals surface area contributed by atoms with Gasteiger partial charge in [0.15, 0.2) is 0 Å². The molecule has 0 unspecified atom stereocenters. The first-order valence-corrected chi connectivity index (χ1v) is 9.09. The summed E-state index contributed by atoms with van der Waals surface area (Å²) in [4.78, 5) is 12.9. The van der Waals surface area contributed by atoms with Crippen molar-refractivity contribution in [2.45, 2.75) is 19.1 Å². The molecule has 0 fully saturated rings. The van der Waals surface area contributed by atoms with Crippen molar-refractivity contribution in [1.29, 1.82) is 0 Å². The SMILES string of the molecule is O=C(N[C@H]1CCOc2ccccc21)c1ccccc1OCc1ccccc1. The zero-order valence-electron chi connectivity index (χ0n) is 14.9. The second-order valence-corrected chi connectivity index (χ2v) is 6.47. The predicted molar refractivity (Wildman–Crippen MR) is 104 cm³/mol. The van der Waals surface area contributed by atoms with E-state index in [2.05, 4.69) is 5.32 Å². The van der Waals surface area contributed by atoms with Crippen LogP contribution in [0.15, 0.2) is 78.9 Å². The molecule has 1 N–H and O–H groups in total. The lowest BCUT2D eigenvalue weighted by Crippen LogP contribution is -2.32. The van der Waals surface area contributed by atoms with Gasteiger partial charge in [-0.1, -0.05) is 60.7 Å². The minimum atomic E-state index is -0.139. The summed E-state index contributed by atoms with van der Waals surface area (Å²) in [6, 6.07) is 25.0. The number of ether oxygens (including phenoxy) is 2. The van der Waals surface area contributed by atoms with Gasteiger partial charge < -0.3 is 14.8 Å². The molecule has 0 saturated heterocycles. The zero-order chi connectivity index (χ0) is 18.5. The Kier molecular flexibility index (Phi) is 5.06. The van der Waals surface area contributed by atoms with Gasteiger partial charge in [-0.25, -0.2) is 0 Å². The van der Waals surface area contributed by atoms with Crippen molar-refractivity contribution < 1.29 is 14.3 Å². The van der Waals surface area contributed by atoms with Crippen LogP contribution in [-0.2, 0) is 6.61 Å². The molecule has 1 amide bonds. The van der Waals surface area contributed by atoms with Gasteiger partial charge in [0.25, 0.3) is 5.91 Å². The molecule has 1 heterocycles. The molecule has 27 heavy (non-hydrogen) atoms. The van der Waals surface area contributed by atoms with Crippen LogP contribution in [0.25, 0.3) is 0 Å². The smallest absolute Gasteiger partial charge is 0.255 e. The van der Waals surface area contributed by atoms with Gasteiger partial charge in [-0.3, -0.25) is 4.79 Å². The third-order valence-electron chi connectivity index (χ3n) is 4.63. The van der Waals surface area contributed by atoms with Gasteiger partial charge in [-0.2, -0.15) is 0 Å². The summed E-state index contributed by atoms with van der Waals surface area (Å²) in [5.41, 5.74) is 2.61. The van der Waals surface area contributed by atoms with E-state index in [1.165, 1.54) is 0 Å². The summed E-state index contributed by atoms with van der Waals surface area (Å²) < 4.78 is 11.6. The maximum Gasteiger partial charge on any atom is 0.255 e. The summed E-state index contributed by atoms with van der Waals surface area (Å²) in [7, 11) is 0. The molecule has 0 saturated carbocycles. The van der Waals surface area contributed by atoms with Crippen LogP contribution >= 0.6 is 0 Å². The molecule has 3 aromatic rings. The van der Waals surface area contributed by atoms with E-state index < -0.39 is 0 Å². The predicted octanol–water partition coefficient (Wildman–Crippen LogP) is 4.52. The maximum atomic E-state index is 12.9. The number of amides is 1. The van der Waals surface area contributed by atoms with E-state index in [-0.39, 0.29) is 11.9 Å². The van der Waals surface area contributed by atoms with Crippen molar-refractivity contribution >= 4 is 5.91 Å². The quantitative estimate of drug-likeness (QED) is 0.729. The van der Waals surface area contributed by atoms with Crippen molar-refractivity contribution in [3.63, 3.8) is 0 Å². The fourth-order valence-corrected chi connectivity index (χ4v) is 3.24. The zero-order valence-corrected chi connectivity index (χ0v) is 14.9. The van der Waals surface area contributed by atoms with Crippen LogP contribution in [0, 0.1) is 0 Å². The number of rotatable bonds is 5. The van der Waals surface area contributed by atoms with E-state index >= 15 is 0 Å². The normalized spacial score (nSPS) is 15.3. The summed E-state index contributed by atoms with van der Waals surface area (Å²) in [5, 5.41) is 3.13. The number of fused-ring (bicyclic) bond motifs is 1. The molecule has 3 aromatic carbocycles. The molecule has 0 aromatic heterocycles. The molecule has 0 aliphatic carbocycles. The van der Waals surface area contributed by atoms with Crippen LogP contribution in [0.2, 0.25) is 0 Å². The Bertz CT molecular complexity index is 924. The Morgan fingerprint density at radius 1 is 0.963 bits per heavy atom. The number of hydrogen-bond acceptors (Lipinski definition) is 3. The van der Waals surface area contributed by atoms with Crippen molar-refractivity contribution in [2.24, 2.45) is 0 Å². The minimum absolute atomic E-state index is 0.0652. The van der Waals surface area contributed by atoms with Crippen molar-refractivity contribution in [2.75, 3.05) is 6.61 Å². The molecule has 1 atom stereocenters. The second kappa shape index (κ2) is 7.96. The molecule has 0 bridgehead atoms. The molecule has 1 aliphatic heterocycles. The van der Waals surface area contributed by atoms with Gasteiger partial charge in [0, 0.05) is 12.0 Å². The van der Waals surface area contributed by atoms with E-state index in [1.807, 2.05) is 72.8 Å². The number of nitrogens with one attached hydrogen (secondary N) is 1. The van der Waals surface area contributed by atoms with Crippen molar-refractivity contribution in [3.8, 4) is 11.5 Å². The van der Waals surface area contributed by atoms with Crippen LogP contribution < -0.4 is 14.8 Å². The minimum Gasteiger partial charge on any atom is -0.493 e. The Morgan fingerprint density at radius 3 is 2.59 bits per heavy atom. The first-order chi connectivity index (χ1) is 13.3. The summed E-state index contributed by atoms with van der Waals surface area (Å²) >= 11 is 0. The van der Waals surface area contributed by atoms with E-state index in [1.54, 1.807) is 6.07 Å². The summed E-state index contributed by atoms with van der Waals surface area (Å²) in [5.74, 6) is 1.28. The average molecular weight is 359 g/mol. The number of benzene rings is 3. The molecule has 1 aliphatic rings. The Balaban J connectivity index is 1.50. The lowest BCUT2D eigenvalue weighted by molar-refractivity contribution is 0.0920. The third-order valence-corrected chi connectivity index (χ3v) is 4.63. The fraction of sp³-hybridized carbons (Fsp3) is 0.174. The largest absolute Gasteiger partial charge is 0.493 e. The van der Waals surface area contributed by atoms with Gasteiger partial charge in [-0.15, -0.1) is 0 Å². The van der Waals surface area contributed by atoms with Gasteiger partial charge >= 0.3 is 0 Å². The topological polar surface area (TPSA) is 47.6 Å². The second-order valence-electron chi connectivity index (χ2n) is 6.47. The maximum absolute atomic E-state index is 12.9. The lowest BCUT2D eigenvalue weighted by Gasteiger charge is -2.26. The number of para-hydroxylation sites is 2. The van der Waals surface area contributed by atoms with Crippen LogP contribution in [0.4, 0.5) is 0 Å². The Labute approximate surface area is 158 Å².